The number of carboxylic acids is 1. The largest absolute Gasteiger partial charge is 0.481 e. The first-order valence-electron chi connectivity index (χ1n) is 7.79. The van der Waals surface area contributed by atoms with Crippen LogP contribution in [-0.4, -0.2) is 54.9 Å². The Hall–Kier alpha value is -1.30. The molecule has 2 rings (SSSR count). The number of carboxylic acid groups (broad SMARTS) is 1. The molecule has 1 heterocycles. The molecule has 6 heteroatoms. The van der Waals surface area contributed by atoms with Crippen molar-refractivity contribution in [2.75, 3.05) is 32.8 Å². The van der Waals surface area contributed by atoms with E-state index in [0.717, 1.165) is 12.5 Å². The number of aliphatic carboxylic acids is 1. The van der Waals surface area contributed by atoms with E-state index in [1.54, 1.807) is 4.90 Å². The minimum absolute atomic E-state index is 0.00896. The van der Waals surface area contributed by atoms with E-state index in [-0.39, 0.29) is 18.5 Å². The van der Waals surface area contributed by atoms with Gasteiger partial charge in [-0.2, -0.15) is 0 Å². The van der Waals surface area contributed by atoms with Crippen molar-refractivity contribution in [2.24, 2.45) is 17.3 Å². The van der Waals surface area contributed by atoms with Crippen LogP contribution in [0.5, 0.6) is 0 Å². The molecule has 6 nitrogen and oxygen atoms in total. The Morgan fingerprint density at radius 3 is 2.67 bits per heavy atom. The summed E-state index contributed by atoms with van der Waals surface area (Å²) >= 11 is 0. The lowest BCUT2D eigenvalue weighted by molar-refractivity contribution is -0.150. The topological polar surface area (TPSA) is 78.9 Å². The molecule has 1 aliphatic heterocycles. The number of rotatable bonds is 7. The number of nitrogens with zero attached hydrogens (tertiary/aromatic N) is 1. The zero-order chi connectivity index (χ0) is 15.5. The third-order valence-corrected chi connectivity index (χ3v) is 4.69. The van der Waals surface area contributed by atoms with Crippen LogP contribution in [0.2, 0.25) is 0 Å². The van der Waals surface area contributed by atoms with E-state index < -0.39 is 11.4 Å². The third-order valence-electron chi connectivity index (χ3n) is 4.69. The van der Waals surface area contributed by atoms with Gasteiger partial charge in [-0.1, -0.05) is 13.8 Å². The molecule has 2 amide bonds. The van der Waals surface area contributed by atoms with E-state index in [1.807, 2.05) is 13.8 Å². The molecule has 0 radical (unpaired) electrons. The van der Waals surface area contributed by atoms with Gasteiger partial charge < -0.3 is 20.1 Å². The summed E-state index contributed by atoms with van der Waals surface area (Å²) in [4.78, 5) is 25.2. The summed E-state index contributed by atoms with van der Waals surface area (Å²) in [6.45, 7) is 6.37. The van der Waals surface area contributed by atoms with Gasteiger partial charge in [0.2, 0.25) is 0 Å². The number of likely N-dealkylation sites (tertiary alicyclic amines) is 1. The first-order valence-corrected chi connectivity index (χ1v) is 7.79. The smallest absolute Gasteiger partial charge is 0.317 e. The van der Waals surface area contributed by atoms with Crippen molar-refractivity contribution in [1.29, 1.82) is 0 Å². The highest BCUT2D eigenvalue weighted by atomic mass is 16.5. The van der Waals surface area contributed by atoms with Gasteiger partial charge in [-0.15, -0.1) is 0 Å². The Labute approximate surface area is 125 Å². The Balaban J connectivity index is 1.71. The van der Waals surface area contributed by atoms with Gasteiger partial charge >= 0.3 is 12.0 Å². The summed E-state index contributed by atoms with van der Waals surface area (Å²) in [6.07, 6.45) is 3.03. The quantitative estimate of drug-likeness (QED) is 0.699. The van der Waals surface area contributed by atoms with Crippen LogP contribution < -0.4 is 5.32 Å². The molecular formula is C15H26N2O4. The van der Waals surface area contributed by atoms with Crippen molar-refractivity contribution >= 4 is 12.0 Å². The van der Waals surface area contributed by atoms with E-state index in [2.05, 4.69) is 5.32 Å². The fraction of sp³-hybridized carbons (Fsp3) is 0.867. The lowest BCUT2D eigenvalue weighted by Crippen LogP contribution is -2.44. The molecule has 0 aromatic carbocycles. The Morgan fingerprint density at radius 2 is 2.14 bits per heavy atom. The van der Waals surface area contributed by atoms with Crippen LogP contribution in [0.4, 0.5) is 4.79 Å². The first-order chi connectivity index (χ1) is 9.95. The number of amides is 2. The molecule has 1 saturated carbocycles. The maximum atomic E-state index is 12.1. The minimum Gasteiger partial charge on any atom is -0.481 e. The number of hydrogen-bond donors (Lipinski definition) is 2. The van der Waals surface area contributed by atoms with E-state index in [9.17, 15) is 14.7 Å². The summed E-state index contributed by atoms with van der Waals surface area (Å²) in [7, 11) is 0. The van der Waals surface area contributed by atoms with Gasteiger partial charge in [-0.05, 0) is 31.1 Å². The van der Waals surface area contributed by atoms with Crippen molar-refractivity contribution in [3.05, 3.63) is 0 Å². The van der Waals surface area contributed by atoms with Gasteiger partial charge in [0.05, 0.1) is 12.0 Å². The van der Waals surface area contributed by atoms with E-state index in [0.29, 0.717) is 26.1 Å². The zero-order valence-corrected chi connectivity index (χ0v) is 12.9. The van der Waals surface area contributed by atoms with Crippen molar-refractivity contribution in [3.63, 3.8) is 0 Å². The highest BCUT2D eigenvalue weighted by Gasteiger charge is 2.48. The van der Waals surface area contributed by atoms with E-state index in [1.165, 1.54) is 12.8 Å². The SMILES string of the molecule is CC(C)C1(C(=O)O)CCN(C(=O)NCCOCC2CC2)C1. The van der Waals surface area contributed by atoms with Gasteiger partial charge in [0.1, 0.15) is 0 Å². The summed E-state index contributed by atoms with van der Waals surface area (Å²) in [5.74, 6) is -0.0725. The molecule has 21 heavy (non-hydrogen) atoms. The summed E-state index contributed by atoms with van der Waals surface area (Å²) in [5.41, 5.74) is -0.806. The van der Waals surface area contributed by atoms with Gasteiger partial charge in [-0.3, -0.25) is 4.79 Å². The highest BCUT2D eigenvalue weighted by Crippen LogP contribution is 2.38. The van der Waals surface area contributed by atoms with Crippen LogP contribution in [0.1, 0.15) is 33.1 Å². The molecule has 1 aliphatic carbocycles. The first kappa shape index (κ1) is 16.1. The van der Waals surface area contributed by atoms with E-state index >= 15 is 0 Å². The van der Waals surface area contributed by atoms with Crippen molar-refractivity contribution in [3.8, 4) is 0 Å². The number of carbonyl (C=O) groups is 2. The maximum absolute atomic E-state index is 12.1. The maximum Gasteiger partial charge on any atom is 0.317 e. The van der Waals surface area contributed by atoms with Crippen LogP contribution >= 0.6 is 0 Å². The number of nitrogens with one attached hydrogen (secondary N) is 1. The molecule has 1 unspecified atom stereocenters. The number of hydrogen-bond acceptors (Lipinski definition) is 3. The monoisotopic (exact) mass is 298 g/mol. The predicted octanol–water partition coefficient (Wildman–Crippen LogP) is 1.56. The average molecular weight is 298 g/mol. The molecule has 2 fully saturated rings. The second-order valence-corrected chi connectivity index (χ2v) is 6.54. The lowest BCUT2D eigenvalue weighted by atomic mass is 9.76. The second kappa shape index (κ2) is 6.64. The van der Waals surface area contributed by atoms with Gasteiger partial charge in [0, 0.05) is 26.2 Å². The Morgan fingerprint density at radius 1 is 1.43 bits per heavy atom. The van der Waals surface area contributed by atoms with Crippen LogP contribution in [-0.2, 0) is 9.53 Å². The summed E-state index contributed by atoms with van der Waals surface area (Å²) in [6, 6.07) is -0.186. The number of urea groups is 1. The molecule has 0 aromatic heterocycles. The molecule has 2 N–H and O–H groups in total. The molecule has 0 spiro atoms. The molecule has 0 bridgehead atoms. The molecule has 1 atom stereocenters. The second-order valence-electron chi connectivity index (χ2n) is 6.54. The van der Waals surface area contributed by atoms with Gasteiger partial charge in [0.25, 0.3) is 0 Å². The van der Waals surface area contributed by atoms with Crippen molar-refractivity contribution in [2.45, 2.75) is 33.1 Å². The number of ether oxygens (including phenoxy) is 1. The molecular weight excluding hydrogens is 272 g/mol. The minimum atomic E-state index is -0.806. The van der Waals surface area contributed by atoms with E-state index in [4.69, 9.17) is 4.74 Å². The van der Waals surface area contributed by atoms with Gasteiger partial charge in [-0.25, -0.2) is 4.79 Å². The Kier molecular flexibility index (Phi) is 5.08. The van der Waals surface area contributed by atoms with Crippen LogP contribution in [0.25, 0.3) is 0 Å². The highest BCUT2D eigenvalue weighted by molar-refractivity contribution is 5.80. The fourth-order valence-electron chi connectivity index (χ4n) is 2.78. The predicted molar refractivity (Wildman–Crippen MR) is 78.0 cm³/mol. The third kappa shape index (κ3) is 3.87. The molecule has 120 valence electrons. The van der Waals surface area contributed by atoms with Crippen molar-refractivity contribution in [1.82, 2.24) is 10.2 Å². The van der Waals surface area contributed by atoms with Crippen LogP contribution in [0.15, 0.2) is 0 Å². The van der Waals surface area contributed by atoms with Crippen molar-refractivity contribution < 1.29 is 19.4 Å². The normalized spacial score (nSPS) is 25.4. The standard InChI is InChI=1S/C15H26N2O4/c1-11(2)15(13(18)19)5-7-17(10-15)14(20)16-6-8-21-9-12-3-4-12/h11-12H,3-10H2,1-2H3,(H,16,20)(H,18,19). The summed E-state index contributed by atoms with van der Waals surface area (Å²) < 4.78 is 5.46. The molecule has 0 aromatic rings. The zero-order valence-electron chi connectivity index (χ0n) is 12.9. The van der Waals surface area contributed by atoms with Crippen LogP contribution in [0, 0.1) is 17.3 Å². The lowest BCUT2D eigenvalue weighted by Gasteiger charge is -2.28. The fourth-order valence-corrected chi connectivity index (χ4v) is 2.78. The molecule has 1 saturated heterocycles. The van der Waals surface area contributed by atoms with Crippen LogP contribution in [0.3, 0.4) is 0 Å². The Bertz CT molecular complexity index is 395. The summed E-state index contributed by atoms with van der Waals surface area (Å²) in [5, 5.41) is 12.3. The molecule has 2 aliphatic rings. The number of carbonyl (C=O) groups excluding carboxylic acids is 1. The van der Waals surface area contributed by atoms with Gasteiger partial charge in [0.15, 0.2) is 0 Å². The average Bonchev–Trinajstić information content (AvgIpc) is 3.13.